The van der Waals surface area contributed by atoms with Crippen molar-refractivity contribution in [3.8, 4) is 0 Å². The molecule has 0 atom stereocenters. The van der Waals surface area contributed by atoms with Gasteiger partial charge in [0.05, 0.1) is 11.4 Å². The molecule has 0 aliphatic heterocycles. The van der Waals surface area contributed by atoms with Gasteiger partial charge in [-0.15, -0.1) is 0 Å². The molecule has 1 aromatic rings. The Bertz CT molecular complexity index is 512. The fourth-order valence-electron chi connectivity index (χ4n) is 1.94. The molecule has 1 aliphatic rings. The normalized spacial score (nSPS) is 15.5. The lowest BCUT2D eigenvalue weighted by Gasteiger charge is -2.23. The lowest BCUT2D eigenvalue weighted by molar-refractivity contribution is 0.586. The van der Waals surface area contributed by atoms with Crippen LogP contribution >= 0.6 is 0 Å². The maximum Gasteiger partial charge on any atom is 0.236 e. The Hall–Kier alpha value is -1.14. The van der Waals surface area contributed by atoms with E-state index < -0.39 is 10.0 Å². The van der Waals surface area contributed by atoms with Crippen LogP contribution in [0.4, 0.5) is 10.1 Å². The van der Waals surface area contributed by atoms with Gasteiger partial charge < -0.3 is 5.32 Å². The van der Waals surface area contributed by atoms with Gasteiger partial charge in [0.1, 0.15) is 5.82 Å². The predicted octanol–water partition coefficient (Wildman–Crippen LogP) is 1.73. The highest BCUT2D eigenvalue weighted by atomic mass is 32.2. The van der Waals surface area contributed by atoms with Gasteiger partial charge in [-0.05, 0) is 44.0 Å². The summed E-state index contributed by atoms with van der Waals surface area (Å²) >= 11 is 0. The van der Waals surface area contributed by atoms with Crippen LogP contribution in [0.5, 0.6) is 0 Å². The number of benzene rings is 1. The molecule has 0 bridgehead atoms. The molecule has 0 amide bonds. The molecule has 1 fully saturated rings. The topological polar surface area (TPSA) is 49.4 Å². The van der Waals surface area contributed by atoms with Crippen molar-refractivity contribution in [2.75, 3.05) is 23.1 Å². The summed E-state index contributed by atoms with van der Waals surface area (Å²) in [6, 6.07) is 6.03. The van der Waals surface area contributed by atoms with E-state index in [0.717, 1.165) is 12.8 Å². The van der Waals surface area contributed by atoms with E-state index >= 15 is 0 Å². The van der Waals surface area contributed by atoms with Crippen molar-refractivity contribution in [2.24, 2.45) is 0 Å². The zero-order valence-electron chi connectivity index (χ0n) is 11.0. The van der Waals surface area contributed by atoms with Crippen LogP contribution in [0.3, 0.4) is 0 Å². The van der Waals surface area contributed by atoms with Crippen molar-refractivity contribution in [1.29, 1.82) is 0 Å². The van der Waals surface area contributed by atoms with E-state index in [9.17, 15) is 12.8 Å². The van der Waals surface area contributed by atoms with E-state index in [1.54, 1.807) is 6.92 Å². The summed E-state index contributed by atoms with van der Waals surface area (Å²) in [7, 11) is -3.36. The first-order chi connectivity index (χ1) is 9.03. The zero-order chi connectivity index (χ0) is 13.9. The van der Waals surface area contributed by atoms with E-state index in [1.807, 2.05) is 0 Å². The first-order valence-corrected chi connectivity index (χ1v) is 8.13. The molecule has 1 aromatic carbocycles. The second-order valence-electron chi connectivity index (χ2n) is 4.69. The van der Waals surface area contributed by atoms with Crippen LogP contribution < -0.4 is 9.62 Å². The Morgan fingerprint density at radius 1 is 1.32 bits per heavy atom. The Balaban J connectivity index is 2.03. The number of nitrogens with one attached hydrogen (secondary N) is 1. The third-order valence-corrected chi connectivity index (χ3v) is 4.97. The molecule has 19 heavy (non-hydrogen) atoms. The molecular weight excluding hydrogens is 267 g/mol. The molecule has 1 saturated carbocycles. The molecule has 0 unspecified atom stereocenters. The summed E-state index contributed by atoms with van der Waals surface area (Å²) in [5.74, 6) is -0.304. The van der Waals surface area contributed by atoms with Gasteiger partial charge >= 0.3 is 0 Å². The summed E-state index contributed by atoms with van der Waals surface area (Å²) in [4.78, 5) is 0. The SMILES string of the molecule is CCN(c1ccc(F)cc1)S(=O)(=O)CCNC1CC1. The van der Waals surface area contributed by atoms with Crippen molar-refractivity contribution in [3.05, 3.63) is 30.1 Å². The Morgan fingerprint density at radius 3 is 2.47 bits per heavy atom. The quantitative estimate of drug-likeness (QED) is 0.830. The summed E-state index contributed by atoms with van der Waals surface area (Å²) in [5.41, 5.74) is 0.510. The second kappa shape index (κ2) is 5.88. The van der Waals surface area contributed by atoms with Crippen LogP contribution in [0.1, 0.15) is 19.8 Å². The number of hydrogen-bond acceptors (Lipinski definition) is 3. The van der Waals surface area contributed by atoms with E-state index in [2.05, 4.69) is 5.32 Å². The van der Waals surface area contributed by atoms with Gasteiger partial charge in [0, 0.05) is 19.1 Å². The number of sulfonamides is 1. The molecule has 0 heterocycles. The van der Waals surface area contributed by atoms with Crippen molar-refractivity contribution in [3.63, 3.8) is 0 Å². The summed E-state index contributed by atoms with van der Waals surface area (Å²) in [6.07, 6.45) is 2.27. The highest BCUT2D eigenvalue weighted by Gasteiger charge is 2.24. The first kappa shape index (κ1) is 14.3. The maximum absolute atomic E-state index is 12.9. The minimum atomic E-state index is -3.36. The van der Waals surface area contributed by atoms with Gasteiger partial charge in [-0.25, -0.2) is 12.8 Å². The van der Waals surface area contributed by atoms with E-state index in [1.165, 1.54) is 28.6 Å². The van der Waals surface area contributed by atoms with Crippen molar-refractivity contribution in [2.45, 2.75) is 25.8 Å². The number of nitrogens with zero attached hydrogens (tertiary/aromatic N) is 1. The fraction of sp³-hybridized carbons (Fsp3) is 0.538. The Labute approximate surface area is 113 Å². The monoisotopic (exact) mass is 286 g/mol. The van der Waals surface area contributed by atoms with Gasteiger partial charge in [0.2, 0.25) is 10.0 Å². The number of anilines is 1. The van der Waals surface area contributed by atoms with Crippen LogP contribution in [0, 0.1) is 5.82 Å². The van der Waals surface area contributed by atoms with Gasteiger partial charge in [0.25, 0.3) is 0 Å². The Kier molecular flexibility index (Phi) is 4.42. The highest BCUT2D eigenvalue weighted by molar-refractivity contribution is 7.92. The third kappa shape index (κ3) is 3.91. The molecule has 0 saturated heterocycles. The van der Waals surface area contributed by atoms with Crippen molar-refractivity contribution in [1.82, 2.24) is 5.32 Å². The minimum absolute atomic E-state index is 0.0642. The molecule has 0 spiro atoms. The molecule has 106 valence electrons. The van der Waals surface area contributed by atoms with Gasteiger partial charge in [-0.2, -0.15) is 0 Å². The molecule has 1 N–H and O–H groups in total. The van der Waals surface area contributed by atoms with Gasteiger partial charge in [-0.3, -0.25) is 4.31 Å². The molecule has 1 aliphatic carbocycles. The molecular formula is C13H19FN2O2S. The molecule has 0 aromatic heterocycles. The van der Waals surface area contributed by atoms with Crippen molar-refractivity contribution < 1.29 is 12.8 Å². The second-order valence-corrected chi connectivity index (χ2v) is 6.70. The largest absolute Gasteiger partial charge is 0.313 e. The summed E-state index contributed by atoms with van der Waals surface area (Å²) < 4.78 is 38.7. The zero-order valence-corrected chi connectivity index (χ0v) is 11.8. The van der Waals surface area contributed by atoms with Gasteiger partial charge in [-0.1, -0.05) is 0 Å². The third-order valence-electron chi connectivity index (χ3n) is 3.11. The lowest BCUT2D eigenvalue weighted by atomic mass is 10.3. The van der Waals surface area contributed by atoms with Crippen LogP contribution in [-0.4, -0.2) is 33.3 Å². The molecule has 4 nitrogen and oxygen atoms in total. The smallest absolute Gasteiger partial charge is 0.236 e. The molecule has 0 radical (unpaired) electrons. The fourth-order valence-corrected chi connectivity index (χ4v) is 3.37. The molecule has 2 rings (SSSR count). The van der Waals surface area contributed by atoms with Crippen LogP contribution in [0.25, 0.3) is 0 Å². The number of rotatable bonds is 7. The van der Waals surface area contributed by atoms with Crippen molar-refractivity contribution >= 4 is 15.7 Å². The van der Waals surface area contributed by atoms with Crippen LogP contribution in [-0.2, 0) is 10.0 Å². The van der Waals surface area contributed by atoms with E-state index in [0.29, 0.717) is 24.8 Å². The van der Waals surface area contributed by atoms with Crippen LogP contribution in [0.2, 0.25) is 0 Å². The predicted molar refractivity (Wildman–Crippen MR) is 74.2 cm³/mol. The Morgan fingerprint density at radius 2 is 1.95 bits per heavy atom. The first-order valence-electron chi connectivity index (χ1n) is 6.52. The maximum atomic E-state index is 12.9. The van der Waals surface area contributed by atoms with E-state index in [4.69, 9.17) is 0 Å². The average Bonchev–Trinajstić information content (AvgIpc) is 3.16. The summed E-state index contributed by atoms with van der Waals surface area (Å²) in [5, 5.41) is 3.19. The highest BCUT2D eigenvalue weighted by Crippen LogP contribution is 2.20. The summed E-state index contributed by atoms with van der Waals surface area (Å²) in [6.45, 7) is 2.58. The number of halogens is 1. The number of hydrogen-bond donors (Lipinski definition) is 1. The van der Waals surface area contributed by atoms with Crippen LogP contribution in [0.15, 0.2) is 24.3 Å². The minimum Gasteiger partial charge on any atom is -0.313 e. The lowest BCUT2D eigenvalue weighted by Crippen LogP contribution is -2.36. The van der Waals surface area contributed by atoms with E-state index in [-0.39, 0.29) is 11.6 Å². The van der Waals surface area contributed by atoms with Gasteiger partial charge in [0.15, 0.2) is 0 Å². The standard InChI is InChI=1S/C13H19FN2O2S/c1-2-16(13-7-3-11(14)4-8-13)19(17,18)10-9-15-12-5-6-12/h3-4,7-8,12,15H,2,5-6,9-10H2,1H3. The average molecular weight is 286 g/mol. The molecule has 6 heteroatoms.